The smallest absolute Gasteiger partial charge is 0.137 e. The number of nitrogens with zero attached hydrogens (tertiary/aromatic N) is 3. The van der Waals surface area contributed by atoms with Gasteiger partial charge in [0.05, 0.1) is 0 Å². The van der Waals surface area contributed by atoms with Gasteiger partial charge in [-0.05, 0) is 11.5 Å². The molecule has 2 atom stereocenters. The van der Waals surface area contributed by atoms with E-state index in [2.05, 4.69) is 54.3 Å². The number of rotatable bonds is 5. The van der Waals surface area contributed by atoms with E-state index in [1.807, 2.05) is 4.68 Å². The first-order valence-electron chi connectivity index (χ1n) is 6.18. The van der Waals surface area contributed by atoms with Crippen molar-refractivity contribution in [2.24, 2.45) is 5.92 Å². The van der Waals surface area contributed by atoms with Crippen molar-refractivity contribution in [3.63, 3.8) is 0 Å². The fourth-order valence-corrected chi connectivity index (χ4v) is 2.13. The van der Waals surface area contributed by atoms with Crippen molar-refractivity contribution in [3.8, 4) is 0 Å². The molecule has 17 heavy (non-hydrogen) atoms. The molecule has 0 aliphatic rings. The van der Waals surface area contributed by atoms with E-state index in [0.29, 0.717) is 11.8 Å². The first-order chi connectivity index (χ1) is 8.31. The van der Waals surface area contributed by atoms with Crippen LogP contribution in [0.2, 0.25) is 0 Å². The highest BCUT2D eigenvalue weighted by Crippen LogP contribution is 2.28. The van der Waals surface area contributed by atoms with Crippen molar-refractivity contribution in [2.45, 2.75) is 32.7 Å². The molecule has 0 radical (unpaired) electrons. The highest BCUT2D eigenvalue weighted by atomic mass is 15.3. The number of hydrogen-bond donors (Lipinski definition) is 0. The van der Waals surface area contributed by atoms with Gasteiger partial charge < -0.3 is 0 Å². The highest BCUT2D eigenvalue weighted by Gasteiger charge is 2.18. The summed E-state index contributed by atoms with van der Waals surface area (Å²) in [5.74, 6) is 1.14. The molecule has 2 aromatic rings. The highest BCUT2D eigenvalue weighted by molar-refractivity contribution is 5.20. The average molecular weight is 229 g/mol. The van der Waals surface area contributed by atoms with Crippen LogP contribution in [-0.4, -0.2) is 14.8 Å². The quantitative estimate of drug-likeness (QED) is 0.788. The first-order valence-corrected chi connectivity index (χ1v) is 6.18. The number of hydrogen-bond acceptors (Lipinski definition) is 2. The van der Waals surface area contributed by atoms with Gasteiger partial charge in [0.2, 0.25) is 0 Å². The summed E-state index contributed by atoms with van der Waals surface area (Å²) in [5.41, 5.74) is 1.39. The zero-order valence-electron chi connectivity index (χ0n) is 10.5. The van der Waals surface area contributed by atoms with Crippen molar-refractivity contribution in [2.75, 3.05) is 0 Å². The molecule has 0 aliphatic heterocycles. The average Bonchev–Trinajstić information content (AvgIpc) is 2.89. The Kier molecular flexibility index (Phi) is 3.91. The summed E-state index contributed by atoms with van der Waals surface area (Å²) in [6.07, 6.45) is 4.56. The molecule has 3 heteroatoms. The van der Waals surface area contributed by atoms with E-state index < -0.39 is 0 Å². The molecule has 1 aromatic carbocycles. The summed E-state index contributed by atoms with van der Waals surface area (Å²) in [6.45, 7) is 5.44. The molecule has 0 amide bonds. The van der Waals surface area contributed by atoms with Gasteiger partial charge in [0, 0.05) is 12.5 Å². The molecule has 2 unspecified atom stereocenters. The Hall–Kier alpha value is -1.64. The third kappa shape index (κ3) is 2.93. The maximum atomic E-state index is 4.20. The Morgan fingerprint density at radius 3 is 2.59 bits per heavy atom. The lowest BCUT2D eigenvalue weighted by atomic mass is 9.85. The zero-order valence-corrected chi connectivity index (χ0v) is 10.5. The Morgan fingerprint density at radius 1 is 1.24 bits per heavy atom. The van der Waals surface area contributed by atoms with Gasteiger partial charge in [0.25, 0.3) is 0 Å². The predicted octanol–water partition coefficient (Wildman–Crippen LogP) is 3.11. The Morgan fingerprint density at radius 2 is 2.00 bits per heavy atom. The second-order valence-electron chi connectivity index (χ2n) is 4.52. The van der Waals surface area contributed by atoms with Crippen molar-refractivity contribution < 1.29 is 0 Å². The maximum Gasteiger partial charge on any atom is 0.137 e. The second-order valence-corrected chi connectivity index (χ2v) is 4.52. The summed E-state index contributed by atoms with van der Waals surface area (Å²) in [7, 11) is 0. The molecule has 0 spiro atoms. The molecule has 0 saturated carbocycles. The van der Waals surface area contributed by atoms with Crippen LogP contribution in [0.3, 0.4) is 0 Å². The van der Waals surface area contributed by atoms with Crippen molar-refractivity contribution >= 4 is 0 Å². The zero-order chi connectivity index (χ0) is 12.1. The Bertz CT molecular complexity index is 422. The predicted molar refractivity (Wildman–Crippen MR) is 68.7 cm³/mol. The molecule has 90 valence electrons. The van der Waals surface area contributed by atoms with Crippen LogP contribution < -0.4 is 0 Å². The maximum absolute atomic E-state index is 4.20. The van der Waals surface area contributed by atoms with E-state index in [-0.39, 0.29) is 0 Å². The van der Waals surface area contributed by atoms with Gasteiger partial charge in [-0.25, -0.2) is 4.98 Å². The molecule has 1 aromatic heterocycles. The van der Waals surface area contributed by atoms with E-state index in [1.165, 1.54) is 12.0 Å². The van der Waals surface area contributed by atoms with Crippen LogP contribution in [-0.2, 0) is 6.54 Å². The Balaban J connectivity index is 2.20. The molecular weight excluding hydrogens is 210 g/mol. The van der Waals surface area contributed by atoms with E-state index in [4.69, 9.17) is 0 Å². The van der Waals surface area contributed by atoms with Crippen LogP contribution in [0.15, 0.2) is 43.0 Å². The summed E-state index contributed by atoms with van der Waals surface area (Å²) in [5, 5.41) is 4.20. The summed E-state index contributed by atoms with van der Waals surface area (Å²) in [4.78, 5) is 4.01. The summed E-state index contributed by atoms with van der Waals surface area (Å²) >= 11 is 0. The molecular formula is C14H19N3. The summed E-state index contributed by atoms with van der Waals surface area (Å²) < 4.78 is 1.92. The van der Waals surface area contributed by atoms with Crippen LogP contribution >= 0.6 is 0 Å². The molecule has 1 heterocycles. The van der Waals surface area contributed by atoms with Crippen molar-refractivity contribution in [1.29, 1.82) is 0 Å². The largest absolute Gasteiger partial charge is 0.252 e. The van der Waals surface area contributed by atoms with Gasteiger partial charge in [-0.1, -0.05) is 50.6 Å². The fraction of sp³-hybridized carbons (Fsp3) is 0.429. The van der Waals surface area contributed by atoms with Crippen LogP contribution in [0.25, 0.3) is 0 Å². The third-order valence-electron chi connectivity index (χ3n) is 3.41. The lowest BCUT2D eigenvalue weighted by molar-refractivity contribution is 0.382. The number of aromatic nitrogens is 3. The van der Waals surface area contributed by atoms with Gasteiger partial charge in [0.15, 0.2) is 0 Å². The molecule has 0 fully saturated rings. The van der Waals surface area contributed by atoms with Gasteiger partial charge in [-0.15, -0.1) is 0 Å². The fourth-order valence-electron chi connectivity index (χ4n) is 2.13. The molecule has 0 aliphatic carbocycles. The first kappa shape index (κ1) is 11.8. The molecule has 3 nitrogen and oxygen atoms in total. The van der Waals surface area contributed by atoms with Crippen LogP contribution in [0, 0.1) is 5.92 Å². The lowest BCUT2D eigenvalue weighted by Gasteiger charge is -2.23. The topological polar surface area (TPSA) is 30.7 Å². The van der Waals surface area contributed by atoms with Crippen molar-refractivity contribution in [1.82, 2.24) is 14.8 Å². The van der Waals surface area contributed by atoms with Crippen LogP contribution in [0.4, 0.5) is 0 Å². The normalized spacial score (nSPS) is 14.5. The second kappa shape index (κ2) is 5.62. The van der Waals surface area contributed by atoms with Crippen molar-refractivity contribution in [3.05, 3.63) is 48.5 Å². The minimum atomic E-state index is 0.503. The molecule has 2 rings (SSSR count). The summed E-state index contributed by atoms with van der Waals surface area (Å²) in [6, 6.07) is 10.7. The lowest BCUT2D eigenvalue weighted by Crippen LogP contribution is -2.16. The molecule has 0 saturated heterocycles. The molecule has 0 bridgehead atoms. The monoisotopic (exact) mass is 229 g/mol. The van der Waals surface area contributed by atoms with Gasteiger partial charge in [0.1, 0.15) is 12.7 Å². The van der Waals surface area contributed by atoms with E-state index in [1.54, 1.807) is 12.7 Å². The van der Waals surface area contributed by atoms with Crippen LogP contribution in [0.1, 0.15) is 31.7 Å². The standard InChI is InChI=1S/C14H19N3/c1-3-12(2)14(9-17-11-15-10-16-17)13-7-5-4-6-8-13/h4-8,10-12,14H,3,9H2,1-2H3. The van der Waals surface area contributed by atoms with E-state index >= 15 is 0 Å². The SMILES string of the molecule is CCC(C)C(Cn1cncn1)c1ccccc1. The number of benzene rings is 1. The minimum Gasteiger partial charge on any atom is -0.252 e. The third-order valence-corrected chi connectivity index (χ3v) is 3.41. The van der Waals surface area contributed by atoms with Gasteiger partial charge >= 0.3 is 0 Å². The van der Waals surface area contributed by atoms with E-state index in [0.717, 1.165) is 6.54 Å². The minimum absolute atomic E-state index is 0.503. The van der Waals surface area contributed by atoms with E-state index in [9.17, 15) is 0 Å². The molecule has 0 N–H and O–H groups in total. The Labute approximate surface area is 103 Å². The van der Waals surface area contributed by atoms with Gasteiger partial charge in [-0.3, -0.25) is 4.68 Å². The van der Waals surface area contributed by atoms with Crippen LogP contribution in [0.5, 0.6) is 0 Å². The van der Waals surface area contributed by atoms with Gasteiger partial charge in [-0.2, -0.15) is 5.10 Å².